The van der Waals surface area contributed by atoms with Gasteiger partial charge < -0.3 is 30.3 Å². The minimum absolute atomic E-state index is 0.215. The monoisotopic (exact) mass is 608 g/mol. The Kier molecular flexibility index (Phi) is 9.88. The van der Waals surface area contributed by atoms with Gasteiger partial charge in [-0.1, -0.05) is 61.5 Å². The first-order chi connectivity index (χ1) is 21.6. The molecule has 0 radical (unpaired) electrons. The summed E-state index contributed by atoms with van der Waals surface area (Å²) < 4.78 is 0. The average molecular weight is 609 g/mol. The van der Waals surface area contributed by atoms with Crippen LogP contribution in [0.4, 0.5) is 10.5 Å². The second kappa shape index (κ2) is 14.0. The molecule has 1 fully saturated rings. The maximum Gasteiger partial charge on any atom is 0.318 e. The van der Waals surface area contributed by atoms with Crippen molar-refractivity contribution in [3.05, 3.63) is 101 Å². The highest BCUT2D eigenvalue weighted by Crippen LogP contribution is 2.31. The van der Waals surface area contributed by atoms with E-state index in [0.717, 1.165) is 34.9 Å². The number of H-pyrrole nitrogens is 1. The number of likely N-dealkylation sites (tertiary alicyclic amines) is 1. The van der Waals surface area contributed by atoms with Gasteiger partial charge in [0.15, 0.2) is 0 Å². The predicted molar refractivity (Wildman–Crippen MR) is 180 cm³/mol. The van der Waals surface area contributed by atoms with Crippen LogP contribution in [0.5, 0.6) is 0 Å². The fraction of sp³-hybridized carbons (Fsp3) is 0.361. The summed E-state index contributed by atoms with van der Waals surface area (Å²) in [6, 6.07) is 22.7. The first-order valence-electron chi connectivity index (χ1n) is 15.6. The van der Waals surface area contributed by atoms with Gasteiger partial charge in [0.25, 0.3) is 5.91 Å². The van der Waals surface area contributed by atoms with Gasteiger partial charge in [-0.3, -0.25) is 9.59 Å². The molecule has 3 N–H and O–H groups in total. The molecule has 5 rings (SSSR count). The number of nitrogens with one attached hydrogen (secondary N) is 3. The van der Waals surface area contributed by atoms with Gasteiger partial charge in [0.1, 0.15) is 6.04 Å². The third-order valence-electron chi connectivity index (χ3n) is 8.70. The van der Waals surface area contributed by atoms with Crippen molar-refractivity contribution in [3.8, 4) is 0 Å². The molecule has 0 aliphatic carbocycles. The van der Waals surface area contributed by atoms with Crippen LogP contribution in [0.2, 0.25) is 0 Å². The lowest BCUT2D eigenvalue weighted by molar-refractivity contribution is -0.118. The van der Waals surface area contributed by atoms with E-state index < -0.39 is 6.04 Å². The smallest absolute Gasteiger partial charge is 0.318 e. The van der Waals surface area contributed by atoms with E-state index in [1.165, 1.54) is 10.5 Å². The molecule has 1 aliphatic heterocycles. The van der Waals surface area contributed by atoms with E-state index in [9.17, 15) is 14.4 Å². The zero-order chi connectivity index (χ0) is 32.1. The molecular weight excluding hydrogens is 564 g/mol. The van der Waals surface area contributed by atoms with Crippen LogP contribution in [-0.2, 0) is 11.3 Å². The highest BCUT2D eigenvalue weighted by molar-refractivity contribution is 6.06. The molecule has 1 aliphatic rings. The van der Waals surface area contributed by atoms with Crippen molar-refractivity contribution in [2.75, 3.05) is 46.6 Å². The largest absolute Gasteiger partial charge is 0.361 e. The Labute approximate surface area is 265 Å². The third-order valence-corrected chi connectivity index (χ3v) is 8.70. The molecule has 2 heterocycles. The van der Waals surface area contributed by atoms with Gasteiger partial charge in [0.2, 0.25) is 5.91 Å². The van der Waals surface area contributed by atoms with Crippen molar-refractivity contribution < 1.29 is 14.4 Å². The first kappa shape index (κ1) is 31.8. The van der Waals surface area contributed by atoms with E-state index in [1.54, 1.807) is 25.1 Å². The van der Waals surface area contributed by atoms with Crippen molar-refractivity contribution in [1.82, 2.24) is 25.0 Å². The Balaban J connectivity index is 1.42. The van der Waals surface area contributed by atoms with Crippen LogP contribution in [0, 0.1) is 0 Å². The number of anilines is 1. The van der Waals surface area contributed by atoms with Gasteiger partial charge in [0.05, 0.1) is 11.3 Å². The lowest BCUT2D eigenvalue weighted by Crippen LogP contribution is -2.53. The van der Waals surface area contributed by atoms with Crippen LogP contribution < -0.4 is 10.6 Å². The lowest BCUT2D eigenvalue weighted by atomic mass is 9.89. The normalized spacial score (nSPS) is 15.1. The molecule has 0 bridgehead atoms. The summed E-state index contributed by atoms with van der Waals surface area (Å²) >= 11 is 0. The molecule has 1 aromatic heterocycles. The van der Waals surface area contributed by atoms with Gasteiger partial charge >= 0.3 is 6.03 Å². The van der Waals surface area contributed by atoms with Crippen molar-refractivity contribution >= 4 is 34.4 Å². The number of aromatic amines is 1. The predicted octanol–water partition coefficient (Wildman–Crippen LogP) is 5.63. The zero-order valence-corrected chi connectivity index (χ0v) is 26.8. The van der Waals surface area contributed by atoms with Gasteiger partial charge in [-0.05, 0) is 67.7 Å². The third kappa shape index (κ3) is 7.37. The molecule has 0 unspecified atom stereocenters. The molecule has 4 aromatic rings. The minimum atomic E-state index is -0.900. The SMILES string of the molecule is C[C@H](c1c[nH]c2ccccc12)[C@@H](NC(=O)N1CCC(c2ccccc2)CC1)C(=O)Nc1cc(CN(C)C)ccc1C(=O)N(C)C. The molecule has 4 amide bonds. The molecule has 3 aromatic carbocycles. The molecule has 9 nitrogen and oxygen atoms in total. The van der Waals surface area contributed by atoms with Crippen molar-refractivity contribution in [2.45, 2.75) is 44.2 Å². The molecule has 45 heavy (non-hydrogen) atoms. The quantitative estimate of drug-likeness (QED) is 0.229. The molecule has 9 heteroatoms. The van der Waals surface area contributed by atoms with E-state index in [0.29, 0.717) is 36.8 Å². The van der Waals surface area contributed by atoms with E-state index in [1.807, 2.05) is 74.6 Å². The lowest BCUT2D eigenvalue weighted by Gasteiger charge is -2.34. The van der Waals surface area contributed by atoms with Gasteiger partial charge in [-0.2, -0.15) is 0 Å². The summed E-state index contributed by atoms with van der Waals surface area (Å²) in [7, 11) is 7.30. The second-order valence-corrected chi connectivity index (χ2v) is 12.5. The standard InChI is InChI=1S/C36H44N6O3/c1-24(30-22-37-31-14-10-9-13-28(30)31)33(39-36(45)42-19-17-27(18-20-42)26-11-7-6-8-12-26)34(43)38-32-21-25(23-40(2)3)15-16-29(32)35(44)41(4)5/h6-16,21-22,24,27,33,37H,17-20,23H2,1-5H3,(H,38,43)(H,39,45)/t24-,33-/m1/s1. The van der Waals surface area contributed by atoms with E-state index >= 15 is 0 Å². The van der Waals surface area contributed by atoms with Gasteiger partial charge in [-0.25, -0.2) is 4.79 Å². The van der Waals surface area contributed by atoms with Crippen LogP contribution in [0.1, 0.15) is 58.6 Å². The van der Waals surface area contributed by atoms with E-state index in [2.05, 4.69) is 39.9 Å². The highest BCUT2D eigenvalue weighted by Gasteiger charge is 2.33. The summed E-state index contributed by atoms with van der Waals surface area (Å²) in [5.74, 6) is -0.560. The van der Waals surface area contributed by atoms with Crippen molar-refractivity contribution in [3.63, 3.8) is 0 Å². The van der Waals surface area contributed by atoms with Gasteiger partial charge in [-0.15, -0.1) is 0 Å². The number of para-hydroxylation sites is 1. The molecule has 0 spiro atoms. The number of nitrogens with zero attached hydrogens (tertiary/aromatic N) is 3. The summed E-state index contributed by atoms with van der Waals surface area (Å²) in [5.41, 5.74) is 4.96. The van der Waals surface area contributed by atoms with Crippen LogP contribution in [-0.4, -0.2) is 84.9 Å². The Bertz CT molecular complexity index is 1640. The van der Waals surface area contributed by atoms with E-state index in [4.69, 9.17) is 0 Å². The summed E-state index contributed by atoms with van der Waals surface area (Å²) in [4.78, 5) is 49.7. The molecule has 2 atom stereocenters. The van der Waals surface area contributed by atoms with Crippen LogP contribution in [0.15, 0.2) is 79.0 Å². The Morgan fingerprint density at radius 1 is 0.933 bits per heavy atom. The van der Waals surface area contributed by atoms with Crippen LogP contribution in [0.3, 0.4) is 0 Å². The number of fused-ring (bicyclic) bond motifs is 1. The first-order valence-corrected chi connectivity index (χ1v) is 15.6. The van der Waals surface area contributed by atoms with E-state index in [-0.39, 0.29) is 23.8 Å². The number of aromatic nitrogens is 1. The van der Waals surface area contributed by atoms with Crippen LogP contribution in [0.25, 0.3) is 10.9 Å². The summed E-state index contributed by atoms with van der Waals surface area (Å²) in [6.45, 7) is 3.81. The molecule has 236 valence electrons. The Hall–Kier alpha value is -4.63. The highest BCUT2D eigenvalue weighted by atomic mass is 16.2. The zero-order valence-electron chi connectivity index (χ0n) is 26.8. The summed E-state index contributed by atoms with van der Waals surface area (Å²) in [6.07, 6.45) is 3.63. The molecular formula is C36H44N6O3. The minimum Gasteiger partial charge on any atom is -0.361 e. The number of hydrogen-bond acceptors (Lipinski definition) is 4. The number of rotatable bonds is 9. The number of carbonyl (C=O) groups excluding carboxylic acids is 3. The Morgan fingerprint density at radius 3 is 2.31 bits per heavy atom. The number of hydrogen-bond donors (Lipinski definition) is 3. The summed E-state index contributed by atoms with van der Waals surface area (Å²) in [5, 5.41) is 7.13. The Morgan fingerprint density at radius 2 is 1.62 bits per heavy atom. The fourth-order valence-corrected chi connectivity index (χ4v) is 6.23. The fourth-order valence-electron chi connectivity index (χ4n) is 6.23. The number of amides is 4. The molecule has 1 saturated heterocycles. The van der Waals surface area contributed by atoms with Crippen molar-refractivity contribution in [2.24, 2.45) is 0 Å². The molecule has 0 saturated carbocycles. The van der Waals surface area contributed by atoms with Crippen molar-refractivity contribution in [1.29, 1.82) is 0 Å². The maximum absolute atomic E-state index is 14.2. The average Bonchev–Trinajstić information content (AvgIpc) is 3.47. The number of piperidine rings is 1. The van der Waals surface area contributed by atoms with Gasteiger partial charge in [0, 0.05) is 56.7 Å². The number of carbonyl (C=O) groups is 3. The maximum atomic E-state index is 14.2. The number of benzene rings is 3. The second-order valence-electron chi connectivity index (χ2n) is 12.5. The topological polar surface area (TPSA) is 101 Å². The van der Waals surface area contributed by atoms with Crippen LogP contribution >= 0.6 is 0 Å². The number of urea groups is 1.